The van der Waals surface area contributed by atoms with E-state index >= 15 is 0 Å². The molecule has 1 heterocycles. The van der Waals surface area contributed by atoms with Gasteiger partial charge in [-0.15, -0.1) is 0 Å². The predicted octanol–water partition coefficient (Wildman–Crippen LogP) is 0.714. The Bertz CT molecular complexity index is 258. The Morgan fingerprint density at radius 2 is 2.50 bits per heavy atom. The lowest BCUT2D eigenvalue weighted by atomic mass is 9.98. The zero-order valence-electron chi connectivity index (χ0n) is 6.96. The Morgan fingerprint density at radius 3 is 3.00 bits per heavy atom. The molecule has 0 radical (unpaired) electrons. The molecule has 1 aromatic heterocycles. The van der Waals surface area contributed by atoms with Crippen molar-refractivity contribution in [1.82, 2.24) is 4.98 Å². The molecule has 66 valence electrons. The van der Waals surface area contributed by atoms with E-state index < -0.39 is 5.60 Å². The molecule has 2 unspecified atom stereocenters. The zero-order chi connectivity index (χ0) is 8.60. The molecule has 1 aliphatic carbocycles. The summed E-state index contributed by atoms with van der Waals surface area (Å²) in [6, 6.07) is 3.97. The molecule has 1 fully saturated rings. The number of hydrogen-bond donors (Lipinski definition) is 3. The molecular weight excluding hydrogens is 152 g/mol. The molecule has 2 rings (SSSR count). The van der Waals surface area contributed by atoms with E-state index in [1.807, 2.05) is 18.3 Å². The molecule has 3 heteroatoms. The van der Waals surface area contributed by atoms with Gasteiger partial charge in [0.25, 0.3) is 0 Å². The van der Waals surface area contributed by atoms with Crippen molar-refractivity contribution in [2.24, 2.45) is 5.73 Å². The zero-order valence-corrected chi connectivity index (χ0v) is 6.96. The van der Waals surface area contributed by atoms with Crippen LogP contribution < -0.4 is 5.73 Å². The van der Waals surface area contributed by atoms with Crippen molar-refractivity contribution in [3.05, 3.63) is 24.0 Å². The van der Waals surface area contributed by atoms with Gasteiger partial charge in [0.15, 0.2) is 0 Å². The Hall–Kier alpha value is -0.800. The van der Waals surface area contributed by atoms with Gasteiger partial charge in [0.05, 0.1) is 0 Å². The van der Waals surface area contributed by atoms with Crippen LogP contribution in [0.2, 0.25) is 0 Å². The maximum atomic E-state index is 10.1. The van der Waals surface area contributed by atoms with Crippen molar-refractivity contribution in [3.63, 3.8) is 0 Å². The van der Waals surface area contributed by atoms with Crippen molar-refractivity contribution in [1.29, 1.82) is 0 Å². The third-order valence-corrected chi connectivity index (χ3v) is 2.63. The maximum Gasteiger partial charge on any atom is 0.106 e. The summed E-state index contributed by atoms with van der Waals surface area (Å²) in [5, 5.41) is 10.1. The van der Waals surface area contributed by atoms with Gasteiger partial charge in [-0.2, -0.15) is 0 Å². The highest BCUT2D eigenvalue weighted by Gasteiger charge is 2.37. The van der Waals surface area contributed by atoms with Gasteiger partial charge in [0, 0.05) is 17.9 Å². The van der Waals surface area contributed by atoms with Crippen molar-refractivity contribution in [3.8, 4) is 0 Å². The second-order valence-corrected chi connectivity index (χ2v) is 3.62. The minimum atomic E-state index is -0.692. The first-order chi connectivity index (χ1) is 5.71. The summed E-state index contributed by atoms with van der Waals surface area (Å²) < 4.78 is 0. The van der Waals surface area contributed by atoms with E-state index in [-0.39, 0.29) is 6.04 Å². The van der Waals surface area contributed by atoms with Crippen LogP contribution >= 0.6 is 0 Å². The summed E-state index contributed by atoms with van der Waals surface area (Å²) in [6.07, 6.45) is 4.19. The van der Waals surface area contributed by atoms with Crippen LogP contribution in [0.25, 0.3) is 0 Å². The van der Waals surface area contributed by atoms with E-state index in [1.54, 1.807) is 0 Å². The van der Waals surface area contributed by atoms with Gasteiger partial charge in [0.1, 0.15) is 5.60 Å². The SMILES string of the molecule is NC1CCC(O)(c2ccc[nH]2)C1. The third kappa shape index (κ3) is 1.15. The van der Waals surface area contributed by atoms with Crippen molar-refractivity contribution in [2.45, 2.75) is 30.9 Å². The molecule has 3 nitrogen and oxygen atoms in total. The molecule has 4 N–H and O–H groups in total. The van der Waals surface area contributed by atoms with E-state index in [1.165, 1.54) is 0 Å². The predicted molar refractivity (Wildman–Crippen MR) is 46.5 cm³/mol. The van der Waals surface area contributed by atoms with E-state index in [0.29, 0.717) is 6.42 Å². The van der Waals surface area contributed by atoms with Crippen LogP contribution in [-0.2, 0) is 5.60 Å². The van der Waals surface area contributed by atoms with Crippen LogP contribution in [0, 0.1) is 0 Å². The lowest BCUT2D eigenvalue weighted by Gasteiger charge is -2.20. The Labute approximate surface area is 71.6 Å². The van der Waals surface area contributed by atoms with E-state index in [2.05, 4.69) is 4.98 Å². The second-order valence-electron chi connectivity index (χ2n) is 3.62. The highest BCUT2D eigenvalue weighted by Crippen LogP contribution is 2.36. The van der Waals surface area contributed by atoms with E-state index in [4.69, 9.17) is 5.73 Å². The number of aliphatic hydroxyl groups is 1. The van der Waals surface area contributed by atoms with Gasteiger partial charge in [-0.25, -0.2) is 0 Å². The van der Waals surface area contributed by atoms with Crippen LogP contribution in [0.4, 0.5) is 0 Å². The summed E-state index contributed by atoms with van der Waals surface area (Å²) in [6.45, 7) is 0. The fraction of sp³-hybridized carbons (Fsp3) is 0.556. The largest absolute Gasteiger partial charge is 0.384 e. The minimum absolute atomic E-state index is 0.151. The van der Waals surface area contributed by atoms with Crippen LogP contribution in [0.5, 0.6) is 0 Å². The Morgan fingerprint density at radius 1 is 1.67 bits per heavy atom. The van der Waals surface area contributed by atoms with Crippen LogP contribution in [0.3, 0.4) is 0 Å². The molecule has 0 saturated heterocycles. The fourth-order valence-electron chi connectivity index (χ4n) is 1.93. The van der Waals surface area contributed by atoms with E-state index in [9.17, 15) is 5.11 Å². The second kappa shape index (κ2) is 2.61. The monoisotopic (exact) mass is 166 g/mol. The smallest absolute Gasteiger partial charge is 0.106 e. The van der Waals surface area contributed by atoms with Gasteiger partial charge in [-0.05, 0) is 31.4 Å². The van der Waals surface area contributed by atoms with Gasteiger partial charge >= 0.3 is 0 Å². The first kappa shape index (κ1) is 7.83. The average molecular weight is 166 g/mol. The normalized spacial score (nSPS) is 35.7. The van der Waals surface area contributed by atoms with Crippen LogP contribution in [0.1, 0.15) is 25.0 Å². The van der Waals surface area contributed by atoms with E-state index in [0.717, 1.165) is 18.5 Å². The quantitative estimate of drug-likeness (QED) is 0.575. The summed E-state index contributed by atoms with van der Waals surface area (Å²) in [7, 11) is 0. The molecule has 0 spiro atoms. The Kier molecular flexibility index (Phi) is 1.70. The third-order valence-electron chi connectivity index (χ3n) is 2.63. The summed E-state index contributed by atoms with van der Waals surface area (Å²) in [5.41, 5.74) is 5.95. The molecule has 0 amide bonds. The van der Waals surface area contributed by atoms with Crippen molar-refractivity contribution < 1.29 is 5.11 Å². The first-order valence-electron chi connectivity index (χ1n) is 4.32. The molecule has 1 aliphatic rings. The number of rotatable bonds is 1. The molecule has 1 saturated carbocycles. The van der Waals surface area contributed by atoms with Gasteiger partial charge in [-0.3, -0.25) is 0 Å². The summed E-state index contributed by atoms with van der Waals surface area (Å²) in [4.78, 5) is 3.03. The molecule has 0 bridgehead atoms. The minimum Gasteiger partial charge on any atom is -0.384 e. The highest BCUT2D eigenvalue weighted by molar-refractivity contribution is 5.16. The van der Waals surface area contributed by atoms with Crippen molar-refractivity contribution >= 4 is 0 Å². The molecule has 12 heavy (non-hydrogen) atoms. The number of aromatic nitrogens is 1. The van der Waals surface area contributed by atoms with Gasteiger partial charge < -0.3 is 15.8 Å². The molecule has 2 atom stereocenters. The topological polar surface area (TPSA) is 62.0 Å². The number of hydrogen-bond acceptors (Lipinski definition) is 2. The molecule has 0 aromatic carbocycles. The molecule has 1 aromatic rings. The molecular formula is C9H14N2O. The highest BCUT2D eigenvalue weighted by atomic mass is 16.3. The maximum absolute atomic E-state index is 10.1. The summed E-state index contributed by atoms with van der Waals surface area (Å²) >= 11 is 0. The number of nitrogens with two attached hydrogens (primary N) is 1. The number of aromatic amines is 1. The van der Waals surface area contributed by atoms with Crippen LogP contribution in [-0.4, -0.2) is 16.1 Å². The van der Waals surface area contributed by atoms with Crippen molar-refractivity contribution in [2.75, 3.05) is 0 Å². The fourth-order valence-corrected chi connectivity index (χ4v) is 1.93. The van der Waals surface area contributed by atoms with Gasteiger partial charge in [0.2, 0.25) is 0 Å². The first-order valence-corrected chi connectivity index (χ1v) is 4.32. The van der Waals surface area contributed by atoms with Gasteiger partial charge in [-0.1, -0.05) is 0 Å². The average Bonchev–Trinajstić information content (AvgIpc) is 2.59. The summed E-state index contributed by atoms with van der Waals surface area (Å²) in [5.74, 6) is 0. The van der Waals surface area contributed by atoms with Crippen LogP contribution in [0.15, 0.2) is 18.3 Å². The molecule has 0 aliphatic heterocycles. The lowest BCUT2D eigenvalue weighted by Crippen LogP contribution is -2.25. The Balaban J connectivity index is 2.23. The standard InChI is InChI=1S/C9H14N2O/c10-7-3-4-9(12,6-7)8-2-1-5-11-8/h1-2,5,7,11-12H,3-4,6,10H2. The number of nitrogens with one attached hydrogen (secondary N) is 1. The number of H-pyrrole nitrogens is 1. The lowest BCUT2D eigenvalue weighted by molar-refractivity contribution is 0.0391.